The average Bonchev–Trinajstić information content (AvgIpc) is 3.14. The van der Waals surface area contributed by atoms with Gasteiger partial charge in [-0.25, -0.2) is 24.3 Å². The Labute approximate surface area is 199 Å². The second-order valence-electron chi connectivity index (χ2n) is 7.88. The van der Waals surface area contributed by atoms with Crippen molar-refractivity contribution < 1.29 is 9.13 Å². The van der Waals surface area contributed by atoms with Crippen molar-refractivity contribution in [3.05, 3.63) is 77.6 Å². The second kappa shape index (κ2) is 8.39. The number of aromatic nitrogens is 5. The molecule has 3 heterocycles. The summed E-state index contributed by atoms with van der Waals surface area (Å²) in [7, 11) is 0. The predicted molar refractivity (Wildman–Crippen MR) is 129 cm³/mol. The van der Waals surface area contributed by atoms with Gasteiger partial charge < -0.3 is 20.8 Å². The fraction of sp³-hybridized carbons (Fsp3) is 0.0800. The lowest BCUT2D eigenvalue weighted by Gasteiger charge is -2.15. The lowest BCUT2D eigenvalue weighted by Crippen LogP contribution is -2.03. The van der Waals surface area contributed by atoms with Crippen molar-refractivity contribution in [2.24, 2.45) is 0 Å². The number of anilines is 2. The number of fused-ring (bicyclic) bond motifs is 1. The SMILES string of the molecule is Cc1ccnc(Oc2ccc(-n3c(-c4ccc(N)cc4C#N)c(C)c4ncnc(N)c43)cc2F)n1. The molecule has 0 saturated carbocycles. The van der Waals surface area contributed by atoms with Crippen LogP contribution in [-0.2, 0) is 0 Å². The molecular formula is C25H19FN8O. The predicted octanol–water partition coefficient (Wildman–Crippen LogP) is 4.46. The van der Waals surface area contributed by atoms with E-state index in [9.17, 15) is 5.26 Å². The molecule has 0 aliphatic rings. The molecule has 172 valence electrons. The van der Waals surface area contributed by atoms with E-state index in [0.29, 0.717) is 44.9 Å². The Hall–Kier alpha value is -5.04. The van der Waals surface area contributed by atoms with Crippen molar-refractivity contribution in [1.29, 1.82) is 5.26 Å². The molecule has 9 nitrogen and oxygen atoms in total. The van der Waals surface area contributed by atoms with Crippen molar-refractivity contribution in [3.63, 3.8) is 0 Å². The van der Waals surface area contributed by atoms with Crippen molar-refractivity contribution in [1.82, 2.24) is 24.5 Å². The van der Waals surface area contributed by atoms with Crippen LogP contribution in [0.1, 0.15) is 16.8 Å². The number of rotatable bonds is 4. The Morgan fingerprint density at radius 1 is 1.03 bits per heavy atom. The lowest BCUT2D eigenvalue weighted by atomic mass is 10.0. The van der Waals surface area contributed by atoms with Crippen LogP contribution in [0.3, 0.4) is 0 Å². The highest BCUT2D eigenvalue weighted by Gasteiger charge is 2.23. The van der Waals surface area contributed by atoms with Crippen LogP contribution in [0.4, 0.5) is 15.9 Å². The summed E-state index contributed by atoms with van der Waals surface area (Å²) in [5.74, 6) is -0.456. The van der Waals surface area contributed by atoms with Crippen molar-refractivity contribution in [2.75, 3.05) is 11.5 Å². The van der Waals surface area contributed by atoms with E-state index in [-0.39, 0.29) is 17.6 Å². The van der Waals surface area contributed by atoms with Gasteiger partial charge in [0.1, 0.15) is 11.8 Å². The van der Waals surface area contributed by atoms with Gasteiger partial charge in [-0.2, -0.15) is 5.26 Å². The Bertz CT molecular complexity index is 1650. The molecule has 0 spiro atoms. The monoisotopic (exact) mass is 466 g/mol. The molecule has 35 heavy (non-hydrogen) atoms. The highest BCUT2D eigenvalue weighted by Crippen LogP contribution is 2.39. The molecule has 4 N–H and O–H groups in total. The van der Waals surface area contributed by atoms with Gasteiger partial charge in [0.25, 0.3) is 0 Å². The Kier molecular flexibility index (Phi) is 5.22. The normalized spacial score (nSPS) is 10.9. The van der Waals surface area contributed by atoms with E-state index in [0.717, 1.165) is 5.56 Å². The molecular weight excluding hydrogens is 447 g/mol. The molecule has 2 aromatic carbocycles. The number of nitrogens with two attached hydrogens (primary N) is 2. The summed E-state index contributed by atoms with van der Waals surface area (Å²) in [6.07, 6.45) is 2.90. The first-order valence-electron chi connectivity index (χ1n) is 10.6. The smallest absolute Gasteiger partial charge is 0.322 e. The maximum Gasteiger partial charge on any atom is 0.322 e. The number of hydrogen-bond acceptors (Lipinski definition) is 8. The Morgan fingerprint density at radius 3 is 2.60 bits per heavy atom. The number of hydrogen-bond donors (Lipinski definition) is 2. The largest absolute Gasteiger partial charge is 0.421 e. The Balaban J connectivity index is 1.73. The minimum Gasteiger partial charge on any atom is -0.421 e. The van der Waals surface area contributed by atoms with Gasteiger partial charge in [0, 0.05) is 40.5 Å². The van der Waals surface area contributed by atoms with E-state index in [2.05, 4.69) is 26.0 Å². The molecule has 0 aliphatic carbocycles. The summed E-state index contributed by atoms with van der Waals surface area (Å²) in [4.78, 5) is 16.7. The van der Waals surface area contributed by atoms with E-state index in [1.165, 1.54) is 24.7 Å². The minimum atomic E-state index is -0.633. The number of aryl methyl sites for hydroxylation is 2. The fourth-order valence-electron chi connectivity index (χ4n) is 4.01. The zero-order valence-electron chi connectivity index (χ0n) is 18.8. The quantitative estimate of drug-likeness (QED) is 0.370. The minimum absolute atomic E-state index is 0.0384. The average molecular weight is 466 g/mol. The van der Waals surface area contributed by atoms with E-state index in [1.54, 1.807) is 41.8 Å². The summed E-state index contributed by atoms with van der Waals surface area (Å²) in [6.45, 7) is 3.65. The summed E-state index contributed by atoms with van der Waals surface area (Å²) in [5.41, 5.74) is 17.2. The van der Waals surface area contributed by atoms with E-state index < -0.39 is 5.82 Å². The number of halogens is 1. The van der Waals surface area contributed by atoms with Crippen LogP contribution in [0.2, 0.25) is 0 Å². The summed E-state index contributed by atoms with van der Waals surface area (Å²) < 4.78 is 22.5. The van der Waals surface area contributed by atoms with Gasteiger partial charge in [-0.3, -0.25) is 0 Å². The molecule has 3 aromatic heterocycles. The number of nitrogen functional groups attached to an aromatic ring is 2. The molecule has 0 unspecified atom stereocenters. The van der Waals surface area contributed by atoms with Crippen LogP contribution in [0.5, 0.6) is 11.8 Å². The third kappa shape index (κ3) is 3.75. The molecule has 0 fully saturated rings. The van der Waals surface area contributed by atoms with Crippen LogP contribution >= 0.6 is 0 Å². The van der Waals surface area contributed by atoms with Crippen LogP contribution in [0.25, 0.3) is 28.0 Å². The highest BCUT2D eigenvalue weighted by molar-refractivity contribution is 5.96. The fourth-order valence-corrected chi connectivity index (χ4v) is 4.01. The highest BCUT2D eigenvalue weighted by atomic mass is 19.1. The van der Waals surface area contributed by atoms with Gasteiger partial charge in [-0.15, -0.1) is 0 Å². The maximum atomic E-state index is 15.2. The summed E-state index contributed by atoms with van der Waals surface area (Å²) in [6, 6.07) is 13.4. The topological polar surface area (TPSA) is 142 Å². The summed E-state index contributed by atoms with van der Waals surface area (Å²) in [5, 5.41) is 9.77. The van der Waals surface area contributed by atoms with Gasteiger partial charge in [0.15, 0.2) is 17.4 Å². The van der Waals surface area contributed by atoms with Crippen LogP contribution in [0, 0.1) is 31.0 Å². The zero-order chi connectivity index (χ0) is 24.7. The van der Waals surface area contributed by atoms with Gasteiger partial charge in [0.05, 0.1) is 22.8 Å². The Morgan fingerprint density at radius 2 is 1.86 bits per heavy atom. The van der Waals surface area contributed by atoms with Gasteiger partial charge in [-0.05, 0) is 50.2 Å². The van der Waals surface area contributed by atoms with E-state index in [4.69, 9.17) is 16.2 Å². The molecule has 0 amide bonds. The standard InChI is InChI=1S/C25H19FN8O/c1-13-7-8-30-25(33-13)35-20-6-4-17(10-19(20)26)34-22(18-5-3-16(28)9-15(18)11-27)14(2)21-23(34)24(29)32-12-31-21/h3-10,12H,28H2,1-2H3,(H2,29,31,32). The van der Waals surface area contributed by atoms with Crippen LogP contribution < -0.4 is 16.2 Å². The van der Waals surface area contributed by atoms with Crippen molar-refractivity contribution >= 4 is 22.5 Å². The van der Waals surface area contributed by atoms with Crippen molar-refractivity contribution in [2.45, 2.75) is 13.8 Å². The van der Waals surface area contributed by atoms with E-state index in [1.807, 2.05) is 6.92 Å². The first kappa shape index (κ1) is 21.8. The molecule has 5 rings (SSSR count). The number of ether oxygens (including phenoxy) is 1. The number of nitrogens with zero attached hydrogens (tertiary/aromatic N) is 6. The first-order valence-corrected chi connectivity index (χ1v) is 10.6. The van der Waals surface area contributed by atoms with Crippen LogP contribution in [-0.4, -0.2) is 24.5 Å². The van der Waals surface area contributed by atoms with E-state index >= 15 is 4.39 Å². The number of benzene rings is 2. The third-order valence-corrected chi connectivity index (χ3v) is 5.58. The lowest BCUT2D eigenvalue weighted by molar-refractivity contribution is 0.410. The van der Waals surface area contributed by atoms with Gasteiger partial charge in [0.2, 0.25) is 0 Å². The van der Waals surface area contributed by atoms with Crippen LogP contribution in [0.15, 0.2) is 55.0 Å². The zero-order valence-corrected chi connectivity index (χ0v) is 18.8. The molecule has 10 heteroatoms. The number of nitriles is 1. The second-order valence-corrected chi connectivity index (χ2v) is 7.88. The first-order chi connectivity index (χ1) is 16.9. The molecule has 0 atom stereocenters. The molecule has 0 radical (unpaired) electrons. The molecule has 5 aromatic rings. The van der Waals surface area contributed by atoms with Gasteiger partial charge in [-0.1, -0.05) is 0 Å². The molecule has 0 bridgehead atoms. The van der Waals surface area contributed by atoms with Gasteiger partial charge >= 0.3 is 6.01 Å². The van der Waals surface area contributed by atoms with Crippen molar-refractivity contribution in [3.8, 4) is 34.8 Å². The summed E-state index contributed by atoms with van der Waals surface area (Å²) >= 11 is 0. The molecule has 0 aliphatic heterocycles. The maximum absolute atomic E-state index is 15.2. The molecule has 0 saturated heterocycles. The third-order valence-electron chi connectivity index (χ3n) is 5.58.